The highest BCUT2D eigenvalue weighted by atomic mass is 35.5. The predicted molar refractivity (Wildman–Crippen MR) is 142 cm³/mol. The number of nitrogens with zero attached hydrogens (tertiary/aromatic N) is 3. The van der Waals surface area contributed by atoms with Crippen LogP contribution in [0.15, 0.2) is 43.5 Å². The Bertz CT molecular complexity index is 1070. The van der Waals surface area contributed by atoms with Crippen LogP contribution in [0.4, 0.5) is 5.69 Å². The number of aryl methyl sites for hydroxylation is 1. The lowest BCUT2D eigenvalue weighted by molar-refractivity contribution is -0.144. The monoisotopic (exact) mass is 529 g/mol. The van der Waals surface area contributed by atoms with E-state index in [9.17, 15) is 19.5 Å². The zero-order valence-electron chi connectivity index (χ0n) is 21.6. The van der Waals surface area contributed by atoms with Crippen LogP contribution in [-0.4, -0.2) is 83.7 Å². The first-order valence-electron chi connectivity index (χ1n) is 12.9. The number of carbonyl (C=O) groups is 3. The molecule has 2 bridgehead atoms. The molecule has 3 amide bonds. The molecule has 0 radical (unpaired) electrons. The highest BCUT2D eigenvalue weighted by Gasteiger charge is 2.74. The van der Waals surface area contributed by atoms with Gasteiger partial charge in [0.2, 0.25) is 11.8 Å². The number of rotatable bonds is 11. The number of aliphatic hydroxyl groups excluding tert-OH is 1. The number of benzene rings is 1. The number of likely N-dealkylation sites (N-methyl/N-ethyl adjacent to an activating group) is 1. The van der Waals surface area contributed by atoms with Crippen LogP contribution in [0.1, 0.15) is 31.2 Å². The number of para-hydroxylation sites is 1. The van der Waals surface area contributed by atoms with E-state index in [0.29, 0.717) is 42.9 Å². The summed E-state index contributed by atoms with van der Waals surface area (Å²) in [5.41, 5.74) is 0.299. The molecule has 3 heterocycles. The zero-order chi connectivity index (χ0) is 26.9. The Hall–Kier alpha value is -2.68. The molecule has 8 nitrogen and oxygen atoms in total. The van der Waals surface area contributed by atoms with Crippen molar-refractivity contribution in [3.8, 4) is 0 Å². The summed E-state index contributed by atoms with van der Waals surface area (Å²) in [6, 6.07) is 4.53. The lowest BCUT2D eigenvalue weighted by Gasteiger charge is -2.37. The Morgan fingerprint density at radius 1 is 1.24 bits per heavy atom. The molecule has 3 saturated heterocycles. The Balaban J connectivity index is 1.78. The van der Waals surface area contributed by atoms with Crippen molar-refractivity contribution >= 4 is 35.0 Å². The number of ether oxygens (including phenoxy) is 1. The molecule has 37 heavy (non-hydrogen) atoms. The van der Waals surface area contributed by atoms with Gasteiger partial charge in [-0.25, -0.2) is 0 Å². The second-order valence-electron chi connectivity index (χ2n) is 10.2. The summed E-state index contributed by atoms with van der Waals surface area (Å²) in [4.78, 5) is 46.6. The second-order valence-corrected chi connectivity index (χ2v) is 10.6. The van der Waals surface area contributed by atoms with Crippen LogP contribution in [0.3, 0.4) is 0 Å². The van der Waals surface area contributed by atoms with Gasteiger partial charge >= 0.3 is 0 Å². The minimum Gasteiger partial charge on any atom is -0.396 e. The van der Waals surface area contributed by atoms with Crippen molar-refractivity contribution in [3.63, 3.8) is 0 Å². The van der Waals surface area contributed by atoms with Gasteiger partial charge < -0.3 is 24.5 Å². The Labute approximate surface area is 223 Å². The first-order valence-corrected chi connectivity index (χ1v) is 13.2. The van der Waals surface area contributed by atoms with Gasteiger partial charge in [0.15, 0.2) is 0 Å². The summed E-state index contributed by atoms with van der Waals surface area (Å²) in [5.74, 6) is -2.10. The molecule has 3 aliphatic heterocycles. The maximum Gasteiger partial charge on any atom is 0.253 e. The Morgan fingerprint density at radius 2 is 1.97 bits per heavy atom. The first kappa shape index (κ1) is 27.4. The minimum absolute atomic E-state index is 0.0113. The molecule has 0 saturated carbocycles. The van der Waals surface area contributed by atoms with Crippen LogP contribution >= 0.6 is 11.6 Å². The average Bonchev–Trinajstić information content (AvgIpc) is 3.50. The molecule has 2 unspecified atom stereocenters. The number of fused-ring (bicyclic) bond motifs is 1. The number of carbonyl (C=O) groups excluding carboxylic acids is 3. The van der Waals surface area contributed by atoms with Crippen LogP contribution in [0.25, 0.3) is 0 Å². The van der Waals surface area contributed by atoms with E-state index in [2.05, 4.69) is 13.2 Å². The molecule has 3 fully saturated rings. The normalized spacial score (nSPS) is 27.8. The number of halogens is 1. The smallest absolute Gasteiger partial charge is 0.253 e. The Morgan fingerprint density at radius 3 is 2.62 bits per heavy atom. The number of hydrogen-bond donors (Lipinski definition) is 1. The van der Waals surface area contributed by atoms with Crippen LogP contribution < -0.4 is 4.90 Å². The van der Waals surface area contributed by atoms with Gasteiger partial charge in [-0.2, -0.15) is 0 Å². The second kappa shape index (κ2) is 11.0. The van der Waals surface area contributed by atoms with Gasteiger partial charge in [-0.05, 0) is 44.2 Å². The van der Waals surface area contributed by atoms with Crippen LogP contribution in [0.5, 0.6) is 0 Å². The van der Waals surface area contributed by atoms with Crippen molar-refractivity contribution < 1.29 is 24.2 Å². The molecule has 1 spiro atoms. The van der Waals surface area contributed by atoms with Crippen molar-refractivity contribution in [2.24, 2.45) is 11.8 Å². The van der Waals surface area contributed by atoms with E-state index in [4.69, 9.17) is 16.3 Å². The standard InChI is InChI=1S/C28H36ClN3O5/c1-5-14-30(4)25(34)21-20-12-13-28(37-20)22(21)26(35)32(16-7-8-17-33)24(28)27(36)31(15-6-2)23-18(3)10-9-11-19(23)29/h5-6,9-11,20-22,24,33H,1-2,7-8,12-17H2,3-4H3/t20-,21+,22+,24?,28?/m1/s1. The van der Waals surface area contributed by atoms with E-state index in [1.807, 2.05) is 19.1 Å². The van der Waals surface area contributed by atoms with Gasteiger partial charge in [0.25, 0.3) is 5.91 Å². The molecule has 3 aliphatic rings. The van der Waals surface area contributed by atoms with Gasteiger partial charge in [0.05, 0.1) is 28.6 Å². The SMILES string of the molecule is C=CCN(C)C(=O)[C@@H]1[C@H]2C(=O)N(CCCCO)C(C(=O)N(CC=C)c3c(C)cccc3Cl)C23CC[C@H]1O3. The number of aliphatic hydroxyl groups is 1. The highest BCUT2D eigenvalue weighted by Crippen LogP contribution is 2.59. The fraction of sp³-hybridized carbons (Fsp3) is 0.536. The number of amides is 3. The van der Waals surface area contributed by atoms with E-state index in [1.165, 1.54) is 0 Å². The lowest BCUT2D eigenvalue weighted by atomic mass is 9.70. The molecule has 5 atom stereocenters. The summed E-state index contributed by atoms with van der Waals surface area (Å²) >= 11 is 6.57. The van der Waals surface area contributed by atoms with Crippen LogP contribution in [0.2, 0.25) is 5.02 Å². The Kier molecular flexibility index (Phi) is 8.11. The van der Waals surface area contributed by atoms with E-state index in [-0.39, 0.29) is 37.4 Å². The van der Waals surface area contributed by atoms with Gasteiger partial charge in [-0.3, -0.25) is 14.4 Å². The molecule has 4 rings (SSSR count). The quantitative estimate of drug-likeness (QED) is 0.351. The summed E-state index contributed by atoms with van der Waals surface area (Å²) in [7, 11) is 1.69. The summed E-state index contributed by atoms with van der Waals surface area (Å²) in [6.07, 6.45) is 4.99. The molecule has 1 aromatic rings. The fourth-order valence-electron chi connectivity index (χ4n) is 6.42. The third-order valence-corrected chi connectivity index (χ3v) is 8.25. The molecule has 0 aromatic heterocycles. The fourth-order valence-corrected chi connectivity index (χ4v) is 6.74. The molecule has 1 N–H and O–H groups in total. The van der Waals surface area contributed by atoms with Crippen molar-refractivity contribution in [2.75, 3.05) is 38.2 Å². The van der Waals surface area contributed by atoms with Crippen LogP contribution in [0, 0.1) is 18.8 Å². The largest absolute Gasteiger partial charge is 0.396 e. The van der Waals surface area contributed by atoms with E-state index >= 15 is 0 Å². The number of hydrogen-bond acceptors (Lipinski definition) is 5. The average molecular weight is 530 g/mol. The van der Waals surface area contributed by atoms with E-state index in [1.54, 1.807) is 40.0 Å². The maximum atomic E-state index is 14.5. The van der Waals surface area contributed by atoms with E-state index < -0.39 is 29.6 Å². The molecule has 0 aliphatic carbocycles. The number of unbranched alkanes of at least 4 members (excludes halogenated alkanes) is 1. The van der Waals surface area contributed by atoms with Gasteiger partial charge in [-0.15, -0.1) is 13.2 Å². The van der Waals surface area contributed by atoms with Gasteiger partial charge in [-0.1, -0.05) is 35.9 Å². The van der Waals surface area contributed by atoms with Gasteiger partial charge in [0.1, 0.15) is 11.6 Å². The number of anilines is 1. The molecule has 200 valence electrons. The molecule has 9 heteroatoms. The van der Waals surface area contributed by atoms with Crippen molar-refractivity contribution in [3.05, 3.63) is 54.1 Å². The topological polar surface area (TPSA) is 90.4 Å². The lowest BCUT2D eigenvalue weighted by Crippen LogP contribution is -2.56. The summed E-state index contributed by atoms with van der Waals surface area (Å²) < 4.78 is 6.52. The molecular weight excluding hydrogens is 494 g/mol. The van der Waals surface area contributed by atoms with Gasteiger partial charge in [0, 0.05) is 33.3 Å². The van der Waals surface area contributed by atoms with E-state index in [0.717, 1.165) is 5.56 Å². The summed E-state index contributed by atoms with van der Waals surface area (Å²) in [5, 5.41) is 9.78. The van der Waals surface area contributed by atoms with Crippen LogP contribution in [-0.2, 0) is 19.1 Å². The predicted octanol–water partition coefficient (Wildman–Crippen LogP) is 2.96. The minimum atomic E-state index is -1.10. The summed E-state index contributed by atoms with van der Waals surface area (Å²) in [6.45, 7) is 10.3. The third-order valence-electron chi connectivity index (χ3n) is 7.94. The zero-order valence-corrected chi connectivity index (χ0v) is 22.3. The van der Waals surface area contributed by atoms with Crippen molar-refractivity contribution in [1.82, 2.24) is 9.80 Å². The molecular formula is C28H36ClN3O5. The first-order chi connectivity index (χ1) is 17.7. The third kappa shape index (κ3) is 4.49. The maximum absolute atomic E-state index is 14.5. The van der Waals surface area contributed by atoms with Crippen molar-refractivity contribution in [2.45, 2.75) is 50.4 Å². The van der Waals surface area contributed by atoms with Crippen molar-refractivity contribution in [1.29, 1.82) is 0 Å². The molecule has 1 aromatic carbocycles. The number of likely N-dealkylation sites (tertiary alicyclic amines) is 1. The highest BCUT2D eigenvalue weighted by molar-refractivity contribution is 6.34.